The van der Waals surface area contributed by atoms with E-state index in [0.717, 1.165) is 17.0 Å². The average molecular weight is 448 g/mol. The zero-order valence-corrected chi connectivity index (χ0v) is 18.2. The lowest BCUT2D eigenvalue weighted by atomic mass is 10.1. The van der Waals surface area contributed by atoms with Gasteiger partial charge in [-0.15, -0.1) is 10.2 Å². The van der Waals surface area contributed by atoms with Gasteiger partial charge in [0.1, 0.15) is 0 Å². The predicted octanol–water partition coefficient (Wildman–Crippen LogP) is 4.90. The third-order valence-corrected chi connectivity index (χ3v) is 5.55. The first-order valence-electron chi connectivity index (χ1n) is 8.89. The molecule has 3 aromatic rings. The molecule has 1 N–H and O–H groups in total. The zero-order valence-electron chi connectivity index (χ0n) is 15.9. The summed E-state index contributed by atoms with van der Waals surface area (Å²) in [6, 6.07) is 14.7. The summed E-state index contributed by atoms with van der Waals surface area (Å²) < 4.78 is 1.96. The Morgan fingerprint density at radius 3 is 2.31 bits per heavy atom. The molecule has 0 saturated heterocycles. The van der Waals surface area contributed by atoms with Gasteiger partial charge in [0, 0.05) is 22.2 Å². The second-order valence-electron chi connectivity index (χ2n) is 6.09. The summed E-state index contributed by atoms with van der Waals surface area (Å²) in [5.74, 6) is 0.696. The molecule has 1 amide bonds. The van der Waals surface area contributed by atoms with Crippen LogP contribution < -0.4 is 5.43 Å². The maximum atomic E-state index is 12.2. The molecule has 3 rings (SSSR count). The highest BCUT2D eigenvalue weighted by Crippen LogP contribution is 2.25. The minimum atomic E-state index is -0.220. The SMILES string of the molecule is CCn1c(SCC(=O)N/N=C(/C)c2ccc(Cl)cc2)nnc1-c1ccc(Cl)cc1. The molecule has 1 heterocycles. The molecule has 0 fully saturated rings. The van der Waals surface area contributed by atoms with Crippen LogP contribution in [0, 0.1) is 0 Å². The maximum Gasteiger partial charge on any atom is 0.250 e. The molecule has 150 valence electrons. The minimum absolute atomic E-state index is 0.177. The van der Waals surface area contributed by atoms with Crippen molar-refractivity contribution in [3.8, 4) is 11.4 Å². The summed E-state index contributed by atoms with van der Waals surface area (Å²) in [7, 11) is 0. The van der Waals surface area contributed by atoms with Gasteiger partial charge in [-0.2, -0.15) is 5.10 Å². The predicted molar refractivity (Wildman–Crippen MR) is 119 cm³/mol. The van der Waals surface area contributed by atoms with E-state index >= 15 is 0 Å². The summed E-state index contributed by atoms with van der Waals surface area (Å²) in [5, 5.41) is 14.6. The summed E-state index contributed by atoms with van der Waals surface area (Å²) in [6.07, 6.45) is 0. The molecule has 0 unspecified atom stereocenters. The van der Waals surface area contributed by atoms with Crippen LogP contribution in [0.2, 0.25) is 10.0 Å². The number of aromatic nitrogens is 3. The number of nitrogens with one attached hydrogen (secondary N) is 1. The lowest BCUT2D eigenvalue weighted by molar-refractivity contribution is -0.118. The Hall–Kier alpha value is -2.35. The van der Waals surface area contributed by atoms with Crippen LogP contribution in [0.25, 0.3) is 11.4 Å². The minimum Gasteiger partial charge on any atom is -0.302 e. The van der Waals surface area contributed by atoms with E-state index in [1.165, 1.54) is 11.8 Å². The number of benzene rings is 2. The molecular formula is C20H19Cl2N5OS. The molecule has 1 aromatic heterocycles. The second kappa shape index (κ2) is 9.91. The Morgan fingerprint density at radius 2 is 1.69 bits per heavy atom. The Bertz CT molecular complexity index is 1020. The molecule has 0 aliphatic heterocycles. The highest BCUT2D eigenvalue weighted by molar-refractivity contribution is 7.99. The van der Waals surface area contributed by atoms with Gasteiger partial charge in [0.15, 0.2) is 11.0 Å². The van der Waals surface area contributed by atoms with Gasteiger partial charge in [-0.1, -0.05) is 47.1 Å². The zero-order chi connectivity index (χ0) is 20.8. The van der Waals surface area contributed by atoms with Gasteiger partial charge in [-0.25, -0.2) is 5.43 Å². The Morgan fingerprint density at radius 1 is 1.07 bits per heavy atom. The van der Waals surface area contributed by atoms with Crippen molar-refractivity contribution in [3.05, 3.63) is 64.1 Å². The maximum absolute atomic E-state index is 12.2. The van der Waals surface area contributed by atoms with Gasteiger partial charge >= 0.3 is 0 Å². The van der Waals surface area contributed by atoms with E-state index in [1.807, 2.05) is 54.8 Å². The Balaban J connectivity index is 1.62. The van der Waals surface area contributed by atoms with E-state index in [0.29, 0.717) is 27.5 Å². The molecule has 0 aliphatic rings. The highest BCUT2D eigenvalue weighted by atomic mass is 35.5. The molecule has 6 nitrogen and oxygen atoms in total. The number of carbonyl (C=O) groups excluding carboxylic acids is 1. The normalized spacial score (nSPS) is 11.5. The molecule has 0 aliphatic carbocycles. The fraction of sp³-hybridized carbons (Fsp3) is 0.200. The van der Waals surface area contributed by atoms with Crippen LogP contribution in [0.1, 0.15) is 19.4 Å². The number of nitrogens with zero attached hydrogens (tertiary/aromatic N) is 4. The smallest absolute Gasteiger partial charge is 0.250 e. The van der Waals surface area contributed by atoms with Crippen molar-refractivity contribution in [1.82, 2.24) is 20.2 Å². The van der Waals surface area contributed by atoms with Crippen molar-refractivity contribution in [3.63, 3.8) is 0 Å². The molecule has 29 heavy (non-hydrogen) atoms. The van der Waals surface area contributed by atoms with Crippen LogP contribution in [0.5, 0.6) is 0 Å². The van der Waals surface area contributed by atoms with E-state index in [2.05, 4.69) is 20.7 Å². The average Bonchev–Trinajstić information content (AvgIpc) is 3.14. The van der Waals surface area contributed by atoms with Gasteiger partial charge in [-0.05, 0) is 55.8 Å². The van der Waals surface area contributed by atoms with Crippen LogP contribution in [0.15, 0.2) is 58.8 Å². The third-order valence-electron chi connectivity index (χ3n) is 4.08. The van der Waals surface area contributed by atoms with Crippen molar-refractivity contribution in [2.45, 2.75) is 25.5 Å². The highest BCUT2D eigenvalue weighted by Gasteiger charge is 2.14. The molecule has 2 aromatic carbocycles. The number of halogens is 2. The van der Waals surface area contributed by atoms with Gasteiger partial charge in [-0.3, -0.25) is 4.79 Å². The van der Waals surface area contributed by atoms with Crippen LogP contribution in [-0.2, 0) is 11.3 Å². The van der Waals surface area contributed by atoms with Crippen molar-refractivity contribution >= 4 is 46.6 Å². The number of hydrazone groups is 1. The van der Waals surface area contributed by atoms with Crippen molar-refractivity contribution in [1.29, 1.82) is 0 Å². The van der Waals surface area contributed by atoms with Gasteiger partial charge < -0.3 is 4.57 Å². The fourth-order valence-corrected chi connectivity index (χ4v) is 3.60. The first-order chi connectivity index (χ1) is 14.0. The lowest BCUT2D eigenvalue weighted by Gasteiger charge is -2.07. The molecule has 0 spiro atoms. The van der Waals surface area contributed by atoms with E-state index in [9.17, 15) is 4.79 Å². The standard InChI is InChI=1S/C20H19Cl2N5OS/c1-3-27-19(15-6-10-17(22)11-7-15)25-26-20(27)29-12-18(28)24-23-13(2)14-4-8-16(21)9-5-14/h4-11H,3,12H2,1-2H3,(H,24,28)/b23-13-. The number of carbonyl (C=O) groups is 1. The number of amides is 1. The second-order valence-corrected chi connectivity index (χ2v) is 7.90. The Kier molecular flexibility index (Phi) is 7.30. The summed E-state index contributed by atoms with van der Waals surface area (Å²) >= 11 is 13.1. The molecule has 0 atom stereocenters. The summed E-state index contributed by atoms with van der Waals surface area (Å²) in [5.41, 5.74) is 5.08. The molecule has 0 bridgehead atoms. The first kappa shape index (κ1) is 21.4. The van der Waals surface area contributed by atoms with Crippen LogP contribution >= 0.6 is 35.0 Å². The first-order valence-corrected chi connectivity index (χ1v) is 10.6. The topological polar surface area (TPSA) is 72.2 Å². The third kappa shape index (κ3) is 5.59. The molecule has 0 saturated carbocycles. The van der Waals surface area contributed by atoms with Crippen molar-refractivity contribution in [2.75, 3.05) is 5.75 Å². The van der Waals surface area contributed by atoms with Gasteiger partial charge in [0.2, 0.25) is 0 Å². The molecular weight excluding hydrogens is 429 g/mol. The number of hydrogen-bond donors (Lipinski definition) is 1. The largest absolute Gasteiger partial charge is 0.302 e. The molecule has 9 heteroatoms. The summed E-state index contributed by atoms with van der Waals surface area (Å²) in [6.45, 7) is 4.51. The monoisotopic (exact) mass is 447 g/mol. The number of rotatable bonds is 7. The van der Waals surface area contributed by atoms with E-state index in [-0.39, 0.29) is 11.7 Å². The van der Waals surface area contributed by atoms with Crippen molar-refractivity contribution < 1.29 is 4.79 Å². The van der Waals surface area contributed by atoms with Crippen LogP contribution in [-0.4, -0.2) is 32.1 Å². The molecule has 0 radical (unpaired) electrons. The fourth-order valence-electron chi connectivity index (χ4n) is 2.56. The van der Waals surface area contributed by atoms with Crippen LogP contribution in [0.3, 0.4) is 0 Å². The quantitative estimate of drug-likeness (QED) is 0.317. The van der Waals surface area contributed by atoms with E-state index in [4.69, 9.17) is 23.2 Å². The summed E-state index contributed by atoms with van der Waals surface area (Å²) in [4.78, 5) is 12.2. The lowest BCUT2D eigenvalue weighted by Crippen LogP contribution is -2.21. The van der Waals surface area contributed by atoms with E-state index < -0.39 is 0 Å². The van der Waals surface area contributed by atoms with Crippen LogP contribution in [0.4, 0.5) is 0 Å². The van der Waals surface area contributed by atoms with E-state index in [1.54, 1.807) is 12.1 Å². The number of hydrogen-bond acceptors (Lipinski definition) is 5. The van der Waals surface area contributed by atoms with Gasteiger partial charge in [0.25, 0.3) is 5.91 Å². The van der Waals surface area contributed by atoms with Crippen molar-refractivity contribution in [2.24, 2.45) is 5.10 Å². The number of thioether (sulfide) groups is 1. The Labute approximate surface area is 183 Å². The van der Waals surface area contributed by atoms with Gasteiger partial charge in [0.05, 0.1) is 11.5 Å².